The molecule has 2 N–H and O–H groups in total. The molecule has 0 spiro atoms. The topological polar surface area (TPSA) is 70.7 Å². The molecule has 0 fully saturated rings. The number of nitrogens with one attached hydrogen (secondary N) is 2. The summed E-state index contributed by atoms with van der Waals surface area (Å²) in [5.74, 6) is -0.323. The highest BCUT2D eigenvalue weighted by Gasteiger charge is 2.20. The maximum Gasteiger partial charge on any atom is 0.410 e. The number of carbonyl (C=O) groups is 2. The van der Waals surface area contributed by atoms with E-state index >= 15 is 0 Å². The van der Waals surface area contributed by atoms with Gasteiger partial charge in [0.1, 0.15) is 11.4 Å². The van der Waals surface area contributed by atoms with Gasteiger partial charge in [0.05, 0.1) is 6.54 Å². The van der Waals surface area contributed by atoms with Crippen molar-refractivity contribution in [2.24, 2.45) is 0 Å². The van der Waals surface area contributed by atoms with Crippen LogP contribution in [-0.4, -0.2) is 29.7 Å². The number of hydrogen-bond acceptors (Lipinski definition) is 3. The van der Waals surface area contributed by atoms with E-state index in [4.69, 9.17) is 4.74 Å². The number of urea groups is 1. The van der Waals surface area contributed by atoms with Crippen LogP contribution in [0.4, 0.5) is 19.7 Å². The van der Waals surface area contributed by atoms with Crippen LogP contribution in [0.25, 0.3) is 0 Å². The van der Waals surface area contributed by atoms with Crippen LogP contribution in [0.2, 0.25) is 0 Å². The van der Waals surface area contributed by atoms with E-state index in [9.17, 15) is 14.0 Å². The minimum atomic E-state index is -0.580. The first kappa shape index (κ1) is 21.2. The molecule has 28 heavy (non-hydrogen) atoms. The summed E-state index contributed by atoms with van der Waals surface area (Å²) in [6, 6.07) is 12.7. The third-order valence-electron chi connectivity index (χ3n) is 3.74. The lowest BCUT2D eigenvalue weighted by Gasteiger charge is -2.25. The van der Waals surface area contributed by atoms with Crippen LogP contribution in [0.3, 0.4) is 0 Å². The molecule has 0 radical (unpaired) electrons. The van der Waals surface area contributed by atoms with Crippen molar-refractivity contribution >= 4 is 17.8 Å². The number of amides is 3. The predicted molar refractivity (Wildman–Crippen MR) is 106 cm³/mol. The molecule has 150 valence electrons. The van der Waals surface area contributed by atoms with Crippen LogP contribution in [-0.2, 0) is 17.8 Å². The molecule has 0 aliphatic carbocycles. The fourth-order valence-corrected chi connectivity index (χ4v) is 2.39. The Labute approximate surface area is 164 Å². The predicted octanol–water partition coefficient (Wildman–Crippen LogP) is 4.51. The van der Waals surface area contributed by atoms with Gasteiger partial charge in [0.2, 0.25) is 0 Å². The Morgan fingerprint density at radius 2 is 1.71 bits per heavy atom. The molecule has 2 aromatic carbocycles. The summed E-state index contributed by atoms with van der Waals surface area (Å²) >= 11 is 0. The van der Waals surface area contributed by atoms with Crippen LogP contribution < -0.4 is 10.6 Å². The Kier molecular flexibility index (Phi) is 6.98. The lowest BCUT2D eigenvalue weighted by Crippen LogP contribution is -2.34. The number of benzene rings is 2. The van der Waals surface area contributed by atoms with Gasteiger partial charge in [-0.25, -0.2) is 14.0 Å². The summed E-state index contributed by atoms with van der Waals surface area (Å²) in [5, 5.41) is 5.51. The zero-order valence-corrected chi connectivity index (χ0v) is 16.6. The lowest BCUT2D eigenvalue weighted by molar-refractivity contribution is 0.0285. The number of hydrogen-bond donors (Lipinski definition) is 2. The van der Waals surface area contributed by atoms with Gasteiger partial charge in [-0.15, -0.1) is 0 Å². The van der Waals surface area contributed by atoms with Gasteiger partial charge in [-0.1, -0.05) is 30.3 Å². The Morgan fingerprint density at radius 1 is 1.07 bits per heavy atom. The fourth-order valence-electron chi connectivity index (χ4n) is 2.39. The Hall–Kier alpha value is -3.09. The molecule has 3 amide bonds. The molecule has 0 aromatic heterocycles. The van der Waals surface area contributed by atoms with Crippen molar-refractivity contribution in [1.82, 2.24) is 10.2 Å². The number of rotatable bonds is 5. The van der Waals surface area contributed by atoms with Gasteiger partial charge >= 0.3 is 12.1 Å². The molecule has 0 atom stereocenters. The monoisotopic (exact) mass is 387 g/mol. The smallest absolute Gasteiger partial charge is 0.410 e. The maximum absolute atomic E-state index is 12.9. The minimum Gasteiger partial charge on any atom is -0.444 e. The standard InChI is InChI=1S/C21H26FN3O3/c1-21(2,3)28-20(27)25(4)14-16-7-5-6-8-18(16)24-19(26)23-13-15-9-11-17(22)12-10-15/h5-12H,13-14H2,1-4H3,(H2,23,24,26). The molecule has 2 aromatic rings. The Balaban J connectivity index is 1.96. The first-order chi connectivity index (χ1) is 13.1. The van der Waals surface area contributed by atoms with Crippen LogP contribution in [0, 0.1) is 5.82 Å². The van der Waals surface area contributed by atoms with Gasteiger partial charge in [-0.2, -0.15) is 0 Å². The zero-order chi connectivity index (χ0) is 20.7. The summed E-state index contributed by atoms with van der Waals surface area (Å²) < 4.78 is 18.3. The van der Waals surface area contributed by atoms with E-state index < -0.39 is 17.7 Å². The molecule has 0 saturated carbocycles. The van der Waals surface area contributed by atoms with E-state index in [2.05, 4.69) is 10.6 Å². The second-order valence-corrected chi connectivity index (χ2v) is 7.43. The van der Waals surface area contributed by atoms with E-state index in [1.54, 1.807) is 52.1 Å². The second-order valence-electron chi connectivity index (χ2n) is 7.43. The Bertz CT molecular complexity index is 816. The quantitative estimate of drug-likeness (QED) is 0.793. The third kappa shape index (κ3) is 6.90. The Morgan fingerprint density at radius 3 is 2.36 bits per heavy atom. The van der Waals surface area contributed by atoms with Gasteiger partial charge in [-0.05, 0) is 50.1 Å². The number of anilines is 1. The van der Waals surface area contributed by atoms with E-state index in [0.717, 1.165) is 11.1 Å². The number of carbonyl (C=O) groups excluding carboxylic acids is 2. The highest BCUT2D eigenvalue weighted by Crippen LogP contribution is 2.18. The lowest BCUT2D eigenvalue weighted by atomic mass is 10.1. The molecule has 7 heteroatoms. The normalized spacial score (nSPS) is 10.9. The molecular weight excluding hydrogens is 361 g/mol. The number of halogens is 1. The molecule has 0 aliphatic rings. The number of ether oxygens (including phenoxy) is 1. The summed E-state index contributed by atoms with van der Waals surface area (Å²) in [7, 11) is 1.64. The van der Waals surface area contributed by atoms with E-state index in [1.165, 1.54) is 17.0 Å². The van der Waals surface area contributed by atoms with Crippen molar-refractivity contribution in [1.29, 1.82) is 0 Å². The van der Waals surface area contributed by atoms with Crippen molar-refractivity contribution in [3.63, 3.8) is 0 Å². The molecule has 0 heterocycles. The molecule has 0 aliphatic heterocycles. The zero-order valence-electron chi connectivity index (χ0n) is 16.6. The second kappa shape index (κ2) is 9.21. The number of nitrogens with zero attached hydrogens (tertiary/aromatic N) is 1. The molecular formula is C21H26FN3O3. The van der Waals surface area contributed by atoms with Crippen molar-refractivity contribution in [2.75, 3.05) is 12.4 Å². The van der Waals surface area contributed by atoms with E-state index in [-0.39, 0.29) is 18.9 Å². The fraction of sp³-hybridized carbons (Fsp3) is 0.333. The van der Waals surface area contributed by atoms with Gasteiger partial charge in [0.15, 0.2) is 0 Å². The van der Waals surface area contributed by atoms with Crippen molar-refractivity contribution < 1.29 is 18.7 Å². The van der Waals surface area contributed by atoms with E-state index in [1.807, 2.05) is 12.1 Å². The molecule has 2 rings (SSSR count). The first-order valence-corrected chi connectivity index (χ1v) is 8.95. The highest BCUT2D eigenvalue weighted by atomic mass is 19.1. The van der Waals surface area contributed by atoms with Crippen LogP contribution in [0.5, 0.6) is 0 Å². The highest BCUT2D eigenvalue weighted by molar-refractivity contribution is 5.90. The van der Waals surface area contributed by atoms with Crippen LogP contribution in [0.15, 0.2) is 48.5 Å². The van der Waals surface area contributed by atoms with E-state index in [0.29, 0.717) is 5.69 Å². The number of para-hydroxylation sites is 1. The van der Waals surface area contributed by atoms with Crippen molar-refractivity contribution in [2.45, 2.75) is 39.5 Å². The summed E-state index contributed by atoms with van der Waals surface area (Å²) in [6.07, 6.45) is -0.442. The van der Waals surface area contributed by atoms with Crippen LogP contribution in [0.1, 0.15) is 31.9 Å². The summed E-state index contributed by atoms with van der Waals surface area (Å²) in [4.78, 5) is 25.8. The average Bonchev–Trinajstić information content (AvgIpc) is 2.61. The minimum absolute atomic E-state index is 0.270. The van der Waals surface area contributed by atoms with Gasteiger partial charge in [-0.3, -0.25) is 0 Å². The summed E-state index contributed by atoms with van der Waals surface area (Å²) in [5.41, 5.74) is 1.57. The van der Waals surface area contributed by atoms with Crippen molar-refractivity contribution in [3.8, 4) is 0 Å². The summed E-state index contributed by atoms with van der Waals surface area (Å²) in [6.45, 7) is 5.97. The molecule has 0 bridgehead atoms. The maximum atomic E-state index is 12.9. The van der Waals surface area contributed by atoms with Crippen molar-refractivity contribution in [3.05, 3.63) is 65.5 Å². The molecule has 0 saturated heterocycles. The van der Waals surface area contributed by atoms with Gasteiger partial charge in [0.25, 0.3) is 0 Å². The van der Waals surface area contributed by atoms with Gasteiger partial charge < -0.3 is 20.3 Å². The molecule has 0 unspecified atom stereocenters. The SMILES string of the molecule is CN(Cc1ccccc1NC(=O)NCc1ccc(F)cc1)C(=O)OC(C)(C)C. The van der Waals surface area contributed by atoms with Gasteiger partial charge in [0, 0.05) is 19.3 Å². The van der Waals surface area contributed by atoms with Crippen LogP contribution >= 0.6 is 0 Å². The third-order valence-corrected chi connectivity index (χ3v) is 3.74. The average molecular weight is 387 g/mol. The largest absolute Gasteiger partial charge is 0.444 e. The molecule has 6 nitrogen and oxygen atoms in total. The first-order valence-electron chi connectivity index (χ1n) is 8.95.